The number of nitrogens with zero attached hydrogens (tertiary/aromatic N) is 4. The number of aliphatic hydroxyl groups is 1. The number of hydrogen-bond acceptors (Lipinski definition) is 7. The highest BCUT2D eigenvalue weighted by molar-refractivity contribution is 5.74. The van der Waals surface area contributed by atoms with Crippen LogP contribution in [0, 0.1) is 0 Å². The van der Waals surface area contributed by atoms with E-state index in [1.54, 1.807) is 23.7 Å². The van der Waals surface area contributed by atoms with Gasteiger partial charge in [-0.2, -0.15) is 4.98 Å². The number of fused-ring (bicyclic) bond motifs is 1. The third-order valence-electron chi connectivity index (χ3n) is 5.19. The lowest BCUT2D eigenvalue weighted by Gasteiger charge is -2.19. The number of H-pyrrole nitrogens is 1. The van der Waals surface area contributed by atoms with Gasteiger partial charge in [-0.15, -0.1) is 0 Å². The van der Waals surface area contributed by atoms with Crippen molar-refractivity contribution in [3.63, 3.8) is 0 Å². The summed E-state index contributed by atoms with van der Waals surface area (Å²) in [7, 11) is 1.55. The van der Waals surface area contributed by atoms with Gasteiger partial charge in [-0.05, 0) is 25.2 Å². The number of aromatic nitrogens is 4. The van der Waals surface area contributed by atoms with Gasteiger partial charge in [-0.25, -0.2) is 4.79 Å². The fraction of sp³-hybridized carbons (Fsp3) is 0.476. The van der Waals surface area contributed by atoms with Crippen molar-refractivity contribution in [1.82, 2.24) is 24.0 Å². The average Bonchev–Trinajstić information content (AvgIpc) is 3.13. The van der Waals surface area contributed by atoms with Crippen molar-refractivity contribution < 1.29 is 9.84 Å². The molecule has 0 saturated heterocycles. The van der Waals surface area contributed by atoms with E-state index in [-0.39, 0.29) is 24.3 Å². The van der Waals surface area contributed by atoms with Gasteiger partial charge in [-0.3, -0.25) is 14.3 Å². The van der Waals surface area contributed by atoms with Crippen LogP contribution >= 0.6 is 0 Å². The summed E-state index contributed by atoms with van der Waals surface area (Å²) in [6.45, 7) is 7.58. The van der Waals surface area contributed by atoms with Crippen LogP contribution in [0.25, 0.3) is 11.2 Å². The molecule has 0 bridgehead atoms. The molecule has 31 heavy (non-hydrogen) atoms. The maximum absolute atomic E-state index is 12.5. The zero-order chi connectivity index (χ0) is 22.4. The van der Waals surface area contributed by atoms with Crippen LogP contribution in [-0.2, 0) is 13.6 Å². The van der Waals surface area contributed by atoms with Gasteiger partial charge in [0.05, 0.1) is 6.54 Å². The number of nitrogens with one attached hydrogen (secondary N) is 2. The maximum atomic E-state index is 12.5. The normalized spacial score (nSPS) is 12.4. The zero-order valence-corrected chi connectivity index (χ0v) is 18.2. The molecule has 1 aromatic carbocycles. The Morgan fingerprint density at radius 2 is 1.94 bits per heavy atom. The molecule has 0 fully saturated rings. The largest absolute Gasteiger partial charge is 0.491 e. The van der Waals surface area contributed by atoms with Crippen LogP contribution in [0.3, 0.4) is 0 Å². The minimum atomic E-state index is -0.891. The molecule has 10 heteroatoms. The predicted molar refractivity (Wildman–Crippen MR) is 120 cm³/mol. The molecule has 168 valence electrons. The van der Waals surface area contributed by atoms with E-state index in [2.05, 4.69) is 34.0 Å². The lowest BCUT2D eigenvalue weighted by atomic mass is 10.3. The van der Waals surface area contributed by atoms with Crippen molar-refractivity contribution in [2.24, 2.45) is 7.05 Å². The molecule has 0 aliphatic heterocycles. The topological polar surface area (TPSA) is 117 Å². The Labute approximate surface area is 180 Å². The highest BCUT2D eigenvalue weighted by atomic mass is 16.5. The second-order valence-corrected chi connectivity index (χ2v) is 7.27. The average molecular weight is 431 g/mol. The number of likely N-dealkylation sites (N-methyl/N-ethyl adjacent to an activating group) is 1. The molecule has 3 aromatic rings. The Bertz CT molecular complexity index is 1100. The van der Waals surface area contributed by atoms with Gasteiger partial charge in [0.1, 0.15) is 18.5 Å². The van der Waals surface area contributed by atoms with Crippen molar-refractivity contribution in [2.75, 3.05) is 38.1 Å². The van der Waals surface area contributed by atoms with Gasteiger partial charge < -0.3 is 24.6 Å². The Morgan fingerprint density at radius 3 is 2.61 bits per heavy atom. The van der Waals surface area contributed by atoms with Crippen LogP contribution in [0.15, 0.2) is 39.9 Å². The number of aryl methyl sites for hydroxylation is 1. The second-order valence-electron chi connectivity index (χ2n) is 7.27. The fourth-order valence-electron chi connectivity index (χ4n) is 3.39. The predicted octanol–water partition coefficient (Wildman–Crippen LogP) is 0.617. The third-order valence-corrected chi connectivity index (χ3v) is 5.19. The quantitative estimate of drug-likeness (QED) is 0.408. The van der Waals surface area contributed by atoms with Gasteiger partial charge in [0.25, 0.3) is 5.56 Å². The summed E-state index contributed by atoms with van der Waals surface area (Å²) in [6, 6.07) is 9.19. The van der Waals surface area contributed by atoms with Crippen LogP contribution in [-0.4, -0.2) is 68.0 Å². The second kappa shape index (κ2) is 10.3. The van der Waals surface area contributed by atoms with E-state index in [0.717, 1.165) is 19.6 Å². The molecule has 0 aliphatic carbocycles. The van der Waals surface area contributed by atoms with Crippen molar-refractivity contribution in [2.45, 2.75) is 26.5 Å². The lowest BCUT2D eigenvalue weighted by molar-refractivity contribution is 0.0938. The highest BCUT2D eigenvalue weighted by Gasteiger charge is 2.20. The number of imidazole rings is 1. The molecule has 2 heterocycles. The molecule has 0 saturated carbocycles. The van der Waals surface area contributed by atoms with Crippen LogP contribution in [0.2, 0.25) is 0 Å². The molecule has 0 amide bonds. The fourth-order valence-corrected chi connectivity index (χ4v) is 3.39. The van der Waals surface area contributed by atoms with Crippen molar-refractivity contribution >= 4 is 17.1 Å². The number of aliphatic hydroxyl groups excluding tert-OH is 1. The number of para-hydroxylation sites is 1. The molecule has 0 aliphatic rings. The van der Waals surface area contributed by atoms with Gasteiger partial charge in [0, 0.05) is 20.1 Å². The molecular formula is C21H30N6O4. The first kappa shape index (κ1) is 22.6. The summed E-state index contributed by atoms with van der Waals surface area (Å²) < 4.78 is 8.52. The summed E-state index contributed by atoms with van der Waals surface area (Å²) in [6.07, 6.45) is -0.891. The standard InChI is InChI=1S/C21H30N6O4/c1-4-26(5-2)12-11-22-20-23-18-17(19(29)24-21(30)25(18)3)27(20)13-15(28)14-31-16-9-7-6-8-10-16/h6-10,15,28H,4-5,11-14H2,1-3H3,(H,22,23)(H,24,29,30)/t15-/m0/s1. The molecule has 0 unspecified atom stereocenters. The number of ether oxygens (including phenoxy) is 1. The number of aromatic amines is 1. The summed E-state index contributed by atoms with van der Waals surface area (Å²) in [5.74, 6) is 1.07. The number of anilines is 1. The Hall–Kier alpha value is -3.11. The minimum Gasteiger partial charge on any atom is -0.491 e. The van der Waals surface area contributed by atoms with E-state index in [1.165, 1.54) is 4.57 Å². The number of hydrogen-bond donors (Lipinski definition) is 3. The molecule has 0 radical (unpaired) electrons. The first-order valence-electron chi connectivity index (χ1n) is 10.5. The SMILES string of the molecule is CCN(CC)CCNc1nc2c(c(=O)[nH]c(=O)n2C)n1C[C@H](O)COc1ccccc1. The van der Waals surface area contributed by atoms with Gasteiger partial charge >= 0.3 is 5.69 Å². The molecular weight excluding hydrogens is 400 g/mol. The minimum absolute atomic E-state index is 0.0479. The van der Waals surface area contributed by atoms with Crippen LogP contribution in [0.5, 0.6) is 5.75 Å². The van der Waals surface area contributed by atoms with Crippen LogP contribution in [0.4, 0.5) is 5.95 Å². The zero-order valence-electron chi connectivity index (χ0n) is 18.2. The molecule has 2 aromatic heterocycles. The van der Waals surface area contributed by atoms with E-state index in [0.29, 0.717) is 18.2 Å². The highest BCUT2D eigenvalue weighted by Crippen LogP contribution is 2.17. The van der Waals surface area contributed by atoms with Gasteiger partial charge in [-0.1, -0.05) is 32.0 Å². The molecule has 0 spiro atoms. The third kappa shape index (κ3) is 5.33. The lowest BCUT2D eigenvalue weighted by Crippen LogP contribution is -2.31. The number of benzene rings is 1. The Morgan fingerprint density at radius 1 is 1.23 bits per heavy atom. The first-order valence-corrected chi connectivity index (χ1v) is 10.5. The first-order chi connectivity index (χ1) is 14.9. The Kier molecular flexibility index (Phi) is 7.48. The van der Waals surface area contributed by atoms with Crippen LogP contribution < -0.4 is 21.3 Å². The molecule has 3 N–H and O–H groups in total. The van der Waals surface area contributed by atoms with E-state index in [1.807, 2.05) is 18.2 Å². The summed E-state index contributed by atoms with van der Waals surface area (Å²) in [5.41, 5.74) is -0.593. The molecule has 10 nitrogen and oxygen atoms in total. The summed E-state index contributed by atoms with van der Waals surface area (Å²) >= 11 is 0. The van der Waals surface area contributed by atoms with E-state index in [4.69, 9.17) is 4.74 Å². The van der Waals surface area contributed by atoms with E-state index >= 15 is 0 Å². The summed E-state index contributed by atoms with van der Waals surface area (Å²) in [5, 5.41) is 13.8. The Balaban J connectivity index is 1.85. The van der Waals surface area contributed by atoms with Crippen molar-refractivity contribution in [3.05, 3.63) is 51.2 Å². The van der Waals surface area contributed by atoms with Gasteiger partial charge in [0.15, 0.2) is 11.2 Å². The van der Waals surface area contributed by atoms with Crippen molar-refractivity contribution in [1.29, 1.82) is 0 Å². The van der Waals surface area contributed by atoms with Crippen molar-refractivity contribution in [3.8, 4) is 5.75 Å². The molecule has 1 atom stereocenters. The number of rotatable bonds is 11. The van der Waals surface area contributed by atoms with Gasteiger partial charge in [0.2, 0.25) is 5.95 Å². The monoisotopic (exact) mass is 430 g/mol. The van der Waals surface area contributed by atoms with E-state index in [9.17, 15) is 14.7 Å². The summed E-state index contributed by atoms with van der Waals surface area (Å²) in [4.78, 5) is 33.6. The maximum Gasteiger partial charge on any atom is 0.329 e. The van der Waals surface area contributed by atoms with Crippen LogP contribution in [0.1, 0.15) is 13.8 Å². The molecule has 3 rings (SSSR count). The smallest absolute Gasteiger partial charge is 0.329 e. The van der Waals surface area contributed by atoms with E-state index < -0.39 is 17.4 Å².